The topological polar surface area (TPSA) is 59.9 Å². The van der Waals surface area contributed by atoms with Gasteiger partial charge < -0.3 is 10.1 Å². The van der Waals surface area contributed by atoms with Gasteiger partial charge in [0, 0.05) is 18.0 Å². The molecule has 0 radical (unpaired) electrons. The highest BCUT2D eigenvalue weighted by Gasteiger charge is 2.03. The molecule has 0 spiro atoms. The van der Waals surface area contributed by atoms with Crippen molar-refractivity contribution in [3.63, 3.8) is 0 Å². The SMILES string of the molecule is COc1cc(C)nc(NCc2ncccc2C)n1. The lowest BCUT2D eigenvalue weighted by molar-refractivity contribution is 0.397. The van der Waals surface area contributed by atoms with Crippen LogP contribution in [0.5, 0.6) is 5.88 Å². The highest BCUT2D eigenvalue weighted by molar-refractivity contribution is 5.32. The molecule has 0 aliphatic rings. The van der Waals surface area contributed by atoms with E-state index in [1.165, 1.54) is 0 Å². The molecule has 94 valence electrons. The average molecular weight is 244 g/mol. The lowest BCUT2D eigenvalue weighted by Crippen LogP contribution is -2.07. The van der Waals surface area contributed by atoms with E-state index < -0.39 is 0 Å². The number of hydrogen-bond acceptors (Lipinski definition) is 5. The van der Waals surface area contributed by atoms with Gasteiger partial charge in [0.05, 0.1) is 19.3 Å². The Morgan fingerprint density at radius 3 is 2.83 bits per heavy atom. The van der Waals surface area contributed by atoms with Gasteiger partial charge >= 0.3 is 0 Å². The molecule has 2 aromatic heterocycles. The maximum absolute atomic E-state index is 5.10. The minimum Gasteiger partial charge on any atom is -0.481 e. The molecule has 2 heterocycles. The van der Waals surface area contributed by atoms with Gasteiger partial charge in [-0.25, -0.2) is 4.98 Å². The van der Waals surface area contributed by atoms with Crippen LogP contribution >= 0.6 is 0 Å². The largest absolute Gasteiger partial charge is 0.481 e. The predicted molar refractivity (Wildman–Crippen MR) is 69.6 cm³/mol. The second-order valence-electron chi connectivity index (χ2n) is 4.00. The minimum absolute atomic E-state index is 0.553. The van der Waals surface area contributed by atoms with Gasteiger partial charge in [-0.2, -0.15) is 4.98 Å². The zero-order valence-electron chi connectivity index (χ0n) is 10.8. The van der Waals surface area contributed by atoms with Crippen LogP contribution < -0.4 is 10.1 Å². The number of aryl methyl sites for hydroxylation is 2. The molecule has 5 nitrogen and oxygen atoms in total. The molecule has 0 saturated heterocycles. The standard InChI is InChI=1S/C13H16N4O/c1-9-5-4-6-14-11(9)8-15-13-16-10(2)7-12(17-13)18-3/h4-7H,8H2,1-3H3,(H,15,16,17). The summed E-state index contributed by atoms with van der Waals surface area (Å²) in [5.41, 5.74) is 2.99. The lowest BCUT2D eigenvalue weighted by atomic mass is 10.2. The van der Waals surface area contributed by atoms with Gasteiger partial charge in [-0.15, -0.1) is 0 Å². The molecule has 0 aromatic carbocycles. The zero-order valence-corrected chi connectivity index (χ0v) is 10.8. The van der Waals surface area contributed by atoms with E-state index in [1.54, 1.807) is 19.4 Å². The Balaban J connectivity index is 2.11. The van der Waals surface area contributed by atoms with E-state index in [-0.39, 0.29) is 0 Å². The van der Waals surface area contributed by atoms with Crippen LogP contribution in [-0.4, -0.2) is 22.1 Å². The molecular weight excluding hydrogens is 228 g/mol. The average Bonchev–Trinajstić information content (AvgIpc) is 2.37. The molecule has 0 saturated carbocycles. The summed E-state index contributed by atoms with van der Waals surface area (Å²) in [6, 6.07) is 5.74. The Bertz CT molecular complexity index is 542. The van der Waals surface area contributed by atoms with Crippen LogP contribution in [0.25, 0.3) is 0 Å². The van der Waals surface area contributed by atoms with E-state index in [9.17, 15) is 0 Å². The molecule has 2 rings (SSSR count). The molecule has 0 aliphatic carbocycles. The molecule has 0 atom stereocenters. The van der Waals surface area contributed by atoms with Gasteiger partial charge in [0.15, 0.2) is 0 Å². The fourth-order valence-corrected chi connectivity index (χ4v) is 1.59. The van der Waals surface area contributed by atoms with Crippen molar-refractivity contribution in [2.75, 3.05) is 12.4 Å². The fraction of sp³-hybridized carbons (Fsp3) is 0.308. The van der Waals surface area contributed by atoms with Crippen molar-refractivity contribution in [3.05, 3.63) is 41.3 Å². The van der Waals surface area contributed by atoms with Crippen molar-refractivity contribution < 1.29 is 4.74 Å². The molecule has 0 unspecified atom stereocenters. The second kappa shape index (κ2) is 5.44. The number of hydrogen-bond donors (Lipinski definition) is 1. The first kappa shape index (κ1) is 12.3. The number of nitrogens with one attached hydrogen (secondary N) is 1. The lowest BCUT2D eigenvalue weighted by Gasteiger charge is -2.08. The van der Waals surface area contributed by atoms with E-state index in [0.717, 1.165) is 17.0 Å². The molecule has 18 heavy (non-hydrogen) atoms. The predicted octanol–water partition coefficient (Wildman–Crippen LogP) is 2.11. The second-order valence-corrected chi connectivity index (χ2v) is 4.00. The first-order valence-corrected chi connectivity index (χ1v) is 5.73. The van der Waals surface area contributed by atoms with Crippen molar-refractivity contribution in [1.82, 2.24) is 15.0 Å². The zero-order chi connectivity index (χ0) is 13.0. The molecule has 0 aliphatic heterocycles. The number of pyridine rings is 1. The molecule has 0 fully saturated rings. The summed E-state index contributed by atoms with van der Waals surface area (Å²) in [7, 11) is 1.59. The summed E-state index contributed by atoms with van der Waals surface area (Å²) in [5.74, 6) is 1.11. The number of nitrogens with zero attached hydrogens (tertiary/aromatic N) is 3. The number of rotatable bonds is 4. The van der Waals surface area contributed by atoms with Crippen LogP contribution in [0.3, 0.4) is 0 Å². The number of anilines is 1. The van der Waals surface area contributed by atoms with Crippen LogP contribution in [0.1, 0.15) is 17.0 Å². The van der Waals surface area contributed by atoms with Crippen LogP contribution in [0.15, 0.2) is 24.4 Å². The Labute approximate surface area is 106 Å². The summed E-state index contributed by atoms with van der Waals surface area (Å²) in [4.78, 5) is 12.8. The van der Waals surface area contributed by atoms with Crippen molar-refractivity contribution in [2.24, 2.45) is 0 Å². The summed E-state index contributed by atoms with van der Waals surface area (Å²) in [6.45, 7) is 4.53. The maximum atomic E-state index is 5.10. The highest BCUT2D eigenvalue weighted by atomic mass is 16.5. The highest BCUT2D eigenvalue weighted by Crippen LogP contribution is 2.12. The summed E-state index contributed by atoms with van der Waals surface area (Å²) < 4.78 is 5.10. The number of methoxy groups -OCH3 is 1. The Morgan fingerprint density at radius 2 is 2.11 bits per heavy atom. The van der Waals surface area contributed by atoms with E-state index in [2.05, 4.69) is 20.3 Å². The van der Waals surface area contributed by atoms with Crippen molar-refractivity contribution in [2.45, 2.75) is 20.4 Å². The normalized spacial score (nSPS) is 10.2. The van der Waals surface area contributed by atoms with Crippen LogP contribution in [0.4, 0.5) is 5.95 Å². The molecule has 0 amide bonds. The quantitative estimate of drug-likeness (QED) is 0.892. The first-order chi connectivity index (χ1) is 8.69. The fourth-order valence-electron chi connectivity index (χ4n) is 1.59. The van der Waals surface area contributed by atoms with Crippen molar-refractivity contribution >= 4 is 5.95 Å². The molecule has 5 heteroatoms. The Morgan fingerprint density at radius 1 is 1.28 bits per heavy atom. The van der Waals surface area contributed by atoms with Gasteiger partial charge in [0.25, 0.3) is 0 Å². The third-order valence-corrected chi connectivity index (χ3v) is 2.57. The summed E-state index contributed by atoms with van der Waals surface area (Å²) in [5, 5.41) is 3.15. The van der Waals surface area contributed by atoms with Crippen molar-refractivity contribution in [1.29, 1.82) is 0 Å². The maximum Gasteiger partial charge on any atom is 0.226 e. The van der Waals surface area contributed by atoms with E-state index in [1.807, 2.05) is 26.0 Å². The molecule has 1 N–H and O–H groups in total. The smallest absolute Gasteiger partial charge is 0.226 e. The van der Waals surface area contributed by atoms with Crippen LogP contribution in [-0.2, 0) is 6.54 Å². The molecule has 0 bridgehead atoms. The Kier molecular flexibility index (Phi) is 3.72. The minimum atomic E-state index is 0.553. The van der Waals surface area contributed by atoms with Gasteiger partial charge in [-0.05, 0) is 25.5 Å². The van der Waals surface area contributed by atoms with E-state index in [0.29, 0.717) is 18.4 Å². The number of aromatic nitrogens is 3. The molecular formula is C13H16N4O. The summed E-state index contributed by atoms with van der Waals surface area (Å²) in [6.07, 6.45) is 1.78. The van der Waals surface area contributed by atoms with Crippen LogP contribution in [0, 0.1) is 13.8 Å². The molecule has 2 aromatic rings. The number of ether oxygens (including phenoxy) is 1. The first-order valence-electron chi connectivity index (χ1n) is 5.73. The summed E-state index contributed by atoms with van der Waals surface area (Å²) >= 11 is 0. The van der Waals surface area contributed by atoms with Gasteiger partial charge in [-0.1, -0.05) is 6.07 Å². The Hall–Kier alpha value is -2.17. The third-order valence-electron chi connectivity index (χ3n) is 2.57. The van der Waals surface area contributed by atoms with Crippen LogP contribution in [0.2, 0.25) is 0 Å². The van der Waals surface area contributed by atoms with Crippen molar-refractivity contribution in [3.8, 4) is 5.88 Å². The van der Waals surface area contributed by atoms with Gasteiger partial charge in [0.2, 0.25) is 11.8 Å². The monoisotopic (exact) mass is 244 g/mol. The van der Waals surface area contributed by atoms with Gasteiger partial charge in [-0.3, -0.25) is 4.98 Å². The van der Waals surface area contributed by atoms with E-state index in [4.69, 9.17) is 4.74 Å². The van der Waals surface area contributed by atoms with Gasteiger partial charge in [0.1, 0.15) is 0 Å². The third kappa shape index (κ3) is 2.94. The van der Waals surface area contributed by atoms with E-state index >= 15 is 0 Å².